The third kappa shape index (κ3) is 5.21. The Hall–Kier alpha value is -1.84. The van der Waals surface area contributed by atoms with Gasteiger partial charge in [-0.2, -0.15) is 0 Å². The number of rotatable bonds is 6. The second-order valence-electron chi connectivity index (χ2n) is 5.01. The van der Waals surface area contributed by atoms with Crippen molar-refractivity contribution in [1.29, 1.82) is 0 Å². The lowest BCUT2D eigenvalue weighted by molar-refractivity contribution is -0.139. The Labute approximate surface area is 122 Å². The third-order valence-corrected chi connectivity index (χ3v) is 5.10. The molecule has 10 heteroatoms. The fourth-order valence-corrected chi connectivity index (χ4v) is 3.82. The second kappa shape index (κ2) is 6.74. The number of nitrogens with two attached hydrogens (primary N) is 1. The van der Waals surface area contributed by atoms with E-state index in [9.17, 15) is 22.8 Å². The van der Waals surface area contributed by atoms with E-state index in [0.29, 0.717) is 6.42 Å². The summed E-state index contributed by atoms with van der Waals surface area (Å²) in [7, 11) is -1.73. The molecule has 1 aliphatic rings. The average Bonchev–Trinajstić information content (AvgIpc) is 2.73. The van der Waals surface area contributed by atoms with Gasteiger partial charge in [-0.15, -0.1) is 0 Å². The summed E-state index contributed by atoms with van der Waals surface area (Å²) < 4.78 is 22.7. The Morgan fingerprint density at radius 3 is 2.48 bits per heavy atom. The van der Waals surface area contributed by atoms with E-state index in [4.69, 9.17) is 10.8 Å². The van der Waals surface area contributed by atoms with Crippen molar-refractivity contribution < 1.29 is 27.9 Å². The van der Waals surface area contributed by atoms with Crippen molar-refractivity contribution in [2.75, 3.05) is 18.6 Å². The molecule has 0 bridgehead atoms. The number of nitrogens with zero attached hydrogens (tertiary/aromatic N) is 1. The molecule has 2 atom stereocenters. The molecule has 21 heavy (non-hydrogen) atoms. The van der Waals surface area contributed by atoms with Crippen LogP contribution in [0.2, 0.25) is 0 Å². The Morgan fingerprint density at radius 1 is 1.43 bits per heavy atom. The quantitative estimate of drug-likeness (QED) is 0.544. The Bertz CT molecular complexity index is 532. The van der Waals surface area contributed by atoms with E-state index in [2.05, 4.69) is 5.32 Å². The third-order valence-electron chi connectivity index (χ3n) is 3.35. The van der Waals surface area contributed by atoms with Gasteiger partial charge in [0.05, 0.1) is 11.5 Å². The van der Waals surface area contributed by atoms with E-state index >= 15 is 0 Å². The highest BCUT2D eigenvalue weighted by molar-refractivity contribution is 7.91. The number of hydrogen-bond acceptors (Lipinski definition) is 5. The van der Waals surface area contributed by atoms with Gasteiger partial charge in [-0.05, 0) is 12.8 Å². The minimum absolute atomic E-state index is 0.0132. The first-order chi connectivity index (χ1) is 9.62. The van der Waals surface area contributed by atoms with Crippen LogP contribution in [0.4, 0.5) is 4.79 Å². The maximum atomic E-state index is 11.9. The number of carbonyl (C=O) groups excluding carboxylic acids is 2. The molecule has 0 aromatic heterocycles. The molecule has 1 rings (SSSR count). The van der Waals surface area contributed by atoms with E-state index in [0.717, 1.165) is 0 Å². The van der Waals surface area contributed by atoms with Gasteiger partial charge in [0.15, 0.2) is 9.84 Å². The topological polar surface area (TPSA) is 147 Å². The minimum Gasteiger partial charge on any atom is -0.480 e. The number of amides is 3. The molecule has 0 aliphatic carbocycles. The number of carboxylic acid groups (broad SMARTS) is 1. The largest absolute Gasteiger partial charge is 0.480 e. The van der Waals surface area contributed by atoms with Crippen LogP contribution < -0.4 is 11.1 Å². The van der Waals surface area contributed by atoms with Crippen molar-refractivity contribution in [3.8, 4) is 0 Å². The molecule has 4 N–H and O–H groups in total. The van der Waals surface area contributed by atoms with Crippen LogP contribution in [0, 0.1) is 0 Å². The molecular weight excluding hydrogens is 302 g/mol. The number of carbonyl (C=O) groups is 3. The monoisotopic (exact) mass is 321 g/mol. The molecule has 1 fully saturated rings. The van der Waals surface area contributed by atoms with Gasteiger partial charge in [0.1, 0.15) is 6.04 Å². The highest BCUT2D eigenvalue weighted by Crippen LogP contribution is 2.16. The zero-order chi connectivity index (χ0) is 16.2. The summed E-state index contributed by atoms with van der Waals surface area (Å²) in [4.78, 5) is 34.8. The summed E-state index contributed by atoms with van der Waals surface area (Å²) in [6, 6.07) is -2.40. The van der Waals surface area contributed by atoms with Gasteiger partial charge in [-0.25, -0.2) is 18.0 Å². The summed E-state index contributed by atoms with van der Waals surface area (Å²) >= 11 is 0. The molecular formula is C11H19N3O6S. The van der Waals surface area contributed by atoms with Gasteiger partial charge < -0.3 is 21.1 Å². The first-order valence-corrected chi connectivity index (χ1v) is 8.19. The molecule has 0 aromatic rings. The zero-order valence-electron chi connectivity index (χ0n) is 11.6. The van der Waals surface area contributed by atoms with Crippen LogP contribution in [-0.4, -0.2) is 67.0 Å². The van der Waals surface area contributed by atoms with Crippen LogP contribution in [0.15, 0.2) is 0 Å². The van der Waals surface area contributed by atoms with Crippen LogP contribution in [0.5, 0.6) is 0 Å². The highest BCUT2D eigenvalue weighted by atomic mass is 32.2. The molecule has 1 aliphatic heterocycles. The van der Waals surface area contributed by atoms with E-state index in [1.165, 1.54) is 11.9 Å². The molecule has 120 valence electrons. The van der Waals surface area contributed by atoms with Crippen molar-refractivity contribution in [2.24, 2.45) is 5.73 Å². The smallest absolute Gasteiger partial charge is 0.326 e. The Morgan fingerprint density at radius 2 is 2.05 bits per heavy atom. The van der Waals surface area contributed by atoms with Gasteiger partial charge in [-0.3, -0.25) is 4.79 Å². The molecule has 0 aromatic carbocycles. The van der Waals surface area contributed by atoms with Crippen molar-refractivity contribution in [2.45, 2.75) is 31.3 Å². The fourth-order valence-electron chi connectivity index (χ4n) is 2.04. The lowest BCUT2D eigenvalue weighted by Gasteiger charge is -2.25. The molecule has 2 unspecified atom stereocenters. The number of primary amides is 1. The van der Waals surface area contributed by atoms with Crippen molar-refractivity contribution >= 4 is 27.7 Å². The normalized spacial score (nSPS) is 21.5. The molecule has 9 nitrogen and oxygen atoms in total. The summed E-state index contributed by atoms with van der Waals surface area (Å²) in [5, 5.41) is 11.2. The molecule has 0 saturated carbocycles. The van der Waals surface area contributed by atoms with Gasteiger partial charge in [-0.1, -0.05) is 0 Å². The van der Waals surface area contributed by atoms with Crippen LogP contribution in [0.25, 0.3) is 0 Å². The second-order valence-corrected chi connectivity index (χ2v) is 7.24. The number of hydrogen-bond donors (Lipinski definition) is 3. The number of carboxylic acids is 1. The molecule has 1 saturated heterocycles. The molecule has 1 heterocycles. The number of sulfone groups is 1. The lowest BCUT2D eigenvalue weighted by Crippen LogP contribution is -2.50. The van der Waals surface area contributed by atoms with Gasteiger partial charge in [0.2, 0.25) is 5.91 Å². The summed E-state index contributed by atoms with van der Waals surface area (Å²) in [6.07, 6.45) is 0.0389. The van der Waals surface area contributed by atoms with Crippen molar-refractivity contribution in [3.05, 3.63) is 0 Å². The summed E-state index contributed by atoms with van der Waals surface area (Å²) in [5.74, 6) is -2.06. The van der Waals surface area contributed by atoms with Crippen molar-refractivity contribution in [1.82, 2.24) is 10.2 Å². The van der Waals surface area contributed by atoms with E-state index < -0.39 is 39.8 Å². The van der Waals surface area contributed by atoms with Crippen molar-refractivity contribution in [3.63, 3.8) is 0 Å². The van der Waals surface area contributed by atoms with E-state index in [-0.39, 0.29) is 24.3 Å². The first kappa shape index (κ1) is 17.2. The molecule has 3 amide bonds. The predicted molar refractivity (Wildman–Crippen MR) is 73.2 cm³/mol. The van der Waals surface area contributed by atoms with Crippen LogP contribution in [-0.2, 0) is 19.4 Å². The summed E-state index contributed by atoms with van der Waals surface area (Å²) in [5.41, 5.74) is 4.94. The van der Waals surface area contributed by atoms with Gasteiger partial charge >= 0.3 is 12.0 Å². The van der Waals surface area contributed by atoms with Crippen LogP contribution in [0.3, 0.4) is 0 Å². The van der Waals surface area contributed by atoms with Gasteiger partial charge in [0.25, 0.3) is 0 Å². The Balaban J connectivity index is 2.60. The number of urea groups is 1. The SMILES string of the molecule is CN(C(=O)NC(CCC(N)=O)C(=O)O)C1CCS(=O)(=O)C1. The molecule has 0 spiro atoms. The van der Waals surface area contributed by atoms with E-state index in [1.807, 2.05) is 0 Å². The van der Waals surface area contributed by atoms with Crippen LogP contribution in [0.1, 0.15) is 19.3 Å². The highest BCUT2D eigenvalue weighted by Gasteiger charge is 2.33. The fraction of sp³-hybridized carbons (Fsp3) is 0.727. The summed E-state index contributed by atoms with van der Waals surface area (Å²) in [6.45, 7) is 0. The average molecular weight is 321 g/mol. The standard InChI is InChI=1S/C11H19N3O6S/c1-14(7-4-5-21(19,20)6-7)11(18)13-8(10(16)17)2-3-9(12)15/h7-8H,2-6H2,1H3,(H2,12,15)(H,13,18)(H,16,17). The van der Waals surface area contributed by atoms with Crippen LogP contribution >= 0.6 is 0 Å². The predicted octanol–water partition coefficient (Wildman–Crippen LogP) is -1.47. The zero-order valence-corrected chi connectivity index (χ0v) is 12.4. The van der Waals surface area contributed by atoms with Gasteiger partial charge in [0, 0.05) is 19.5 Å². The number of aliphatic carboxylic acids is 1. The molecule has 0 radical (unpaired) electrons. The number of nitrogens with one attached hydrogen (secondary N) is 1. The minimum atomic E-state index is -3.14. The first-order valence-electron chi connectivity index (χ1n) is 6.37. The lowest BCUT2D eigenvalue weighted by atomic mass is 10.1. The maximum Gasteiger partial charge on any atom is 0.326 e. The van der Waals surface area contributed by atoms with E-state index in [1.54, 1.807) is 0 Å². The maximum absolute atomic E-state index is 11.9. The Kier molecular flexibility index (Phi) is 5.53.